The molecule has 0 spiro atoms. The molecular weight excluding hydrogens is 485 g/mol. The van der Waals surface area contributed by atoms with Gasteiger partial charge >= 0.3 is 0 Å². The van der Waals surface area contributed by atoms with Crippen LogP contribution in [0.15, 0.2) is 53.8 Å². The molecule has 38 heavy (non-hydrogen) atoms. The van der Waals surface area contributed by atoms with Gasteiger partial charge in [0.05, 0.1) is 13.2 Å². The molecular formula is C29H34FN5O3. The van der Waals surface area contributed by atoms with Crippen molar-refractivity contribution in [2.45, 2.75) is 33.6 Å². The van der Waals surface area contributed by atoms with Crippen molar-refractivity contribution in [2.24, 2.45) is 16.6 Å². The Morgan fingerprint density at radius 1 is 1.13 bits per heavy atom. The predicted octanol–water partition coefficient (Wildman–Crippen LogP) is 4.37. The van der Waals surface area contributed by atoms with E-state index in [1.807, 2.05) is 33.0 Å². The molecule has 0 atom stereocenters. The molecule has 3 aromatic rings. The summed E-state index contributed by atoms with van der Waals surface area (Å²) in [7, 11) is 3.38. The Kier molecular flexibility index (Phi) is 9.65. The number of rotatable bonds is 8. The highest BCUT2D eigenvalue weighted by Crippen LogP contribution is 2.34. The molecule has 0 bridgehead atoms. The van der Waals surface area contributed by atoms with Crippen molar-refractivity contribution in [3.63, 3.8) is 0 Å². The number of carbonyl (C=O) groups is 2. The van der Waals surface area contributed by atoms with Crippen LogP contribution in [0, 0.1) is 25.6 Å². The SMILES string of the molecule is CCOc1ccc(F)c(-c2cnc(C)nc2)c1.CN=C(c1ccc(C(=O)N(C)CC(N)=O)cc1C)C1CC1. The molecule has 1 heterocycles. The number of aromatic nitrogens is 2. The van der Waals surface area contributed by atoms with E-state index in [2.05, 4.69) is 15.0 Å². The molecule has 1 aliphatic carbocycles. The number of nitrogens with two attached hydrogens (primary N) is 1. The minimum atomic E-state index is -0.520. The lowest BCUT2D eigenvalue weighted by Crippen LogP contribution is -2.35. The van der Waals surface area contributed by atoms with Crippen molar-refractivity contribution in [2.75, 3.05) is 27.2 Å². The van der Waals surface area contributed by atoms with Crippen molar-refractivity contribution in [3.05, 3.63) is 77.1 Å². The number of ether oxygens (including phenoxy) is 1. The van der Waals surface area contributed by atoms with E-state index in [0.29, 0.717) is 40.8 Å². The lowest BCUT2D eigenvalue weighted by molar-refractivity contribution is -0.118. The second kappa shape index (κ2) is 12.9. The Hall–Kier alpha value is -4.14. The molecule has 4 rings (SSSR count). The van der Waals surface area contributed by atoms with E-state index in [0.717, 1.165) is 16.8 Å². The van der Waals surface area contributed by atoms with E-state index in [1.165, 1.54) is 23.8 Å². The third-order valence-corrected chi connectivity index (χ3v) is 6.03. The van der Waals surface area contributed by atoms with Crippen LogP contribution in [-0.2, 0) is 4.79 Å². The number of aryl methyl sites for hydroxylation is 2. The highest BCUT2D eigenvalue weighted by molar-refractivity contribution is 6.05. The van der Waals surface area contributed by atoms with Crippen LogP contribution in [0.3, 0.4) is 0 Å². The van der Waals surface area contributed by atoms with Crippen LogP contribution in [-0.4, -0.2) is 59.6 Å². The van der Waals surface area contributed by atoms with Gasteiger partial charge in [0.1, 0.15) is 17.4 Å². The molecule has 1 fully saturated rings. The van der Waals surface area contributed by atoms with Gasteiger partial charge in [0.25, 0.3) is 5.91 Å². The summed E-state index contributed by atoms with van der Waals surface area (Å²) in [6.07, 6.45) is 5.59. The van der Waals surface area contributed by atoms with Crippen molar-refractivity contribution in [3.8, 4) is 16.9 Å². The smallest absolute Gasteiger partial charge is 0.254 e. The number of primary amides is 1. The standard InChI is InChI=1S/C16H21N3O2.C13H13FN2O/c1-10-8-12(16(21)19(3)9-14(17)20)6-7-13(10)15(18-2)11-4-5-11;1-3-17-11-4-5-13(14)12(6-11)10-7-15-9(2)16-8-10/h6-8,11H,4-5,9H2,1-3H3,(H2,17,20);4-8H,3H2,1-2H3. The molecule has 0 aliphatic heterocycles. The zero-order valence-corrected chi connectivity index (χ0v) is 22.5. The number of benzene rings is 2. The number of carbonyl (C=O) groups excluding carboxylic acids is 2. The summed E-state index contributed by atoms with van der Waals surface area (Å²) in [5.41, 5.74) is 10.0. The van der Waals surface area contributed by atoms with Gasteiger partial charge in [-0.3, -0.25) is 14.6 Å². The van der Waals surface area contributed by atoms with E-state index in [-0.39, 0.29) is 18.3 Å². The first kappa shape index (κ1) is 28.4. The summed E-state index contributed by atoms with van der Waals surface area (Å²) < 4.78 is 19.0. The first-order chi connectivity index (χ1) is 18.1. The van der Waals surface area contributed by atoms with E-state index in [9.17, 15) is 14.0 Å². The molecule has 2 amide bonds. The highest BCUT2D eigenvalue weighted by Gasteiger charge is 2.29. The Morgan fingerprint density at radius 3 is 2.37 bits per heavy atom. The fraction of sp³-hybridized carbons (Fsp3) is 0.345. The summed E-state index contributed by atoms with van der Waals surface area (Å²) in [6.45, 7) is 6.13. The maximum atomic E-state index is 13.7. The number of halogens is 1. The van der Waals surface area contributed by atoms with Crippen LogP contribution in [0.1, 0.15) is 47.1 Å². The number of hydrogen-bond acceptors (Lipinski definition) is 6. The predicted molar refractivity (Wildman–Crippen MR) is 146 cm³/mol. The van der Waals surface area contributed by atoms with Crippen LogP contribution < -0.4 is 10.5 Å². The Bertz CT molecular complexity index is 1320. The van der Waals surface area contributed by atoms with Crippen LogP contribution in [0.4, 0.5) is 4.39 Å². The molecule has 0 radical (unpaired) electrons. The normalized spacial score (nSPS) is 12.8. The zero-order chi connectivity index (χ0) is 27.8. The summed E-state index contributed by atoms with van der Waals surface area (Å²) in [4.78, 5) is 36.9. The van der Waals surface area contributed by atoms with Gasteiger partial charge in [-0.1, -0.05) is 6.07 Å². The van der Waals surface area contributed by atoms with Crippen molar-refractivity contribution in [1.29, 1.82) is 0 Å². The second-order valence-electron chi connectivity index (χ2n) is 9.13. The molecule has 2 N–H and O–H groups in total. The minimum absolute atomic E-state index is 0.0800. The fourth-order valence-electron chi connectivity index (χ4n) is 4.00. The quantitative estimate of drug-likeness (QED) is 0.444. The van der Waals surface area contributed by atoms with Crippen LogP contribution in [0.25, 0.3) is 11.1 Å². The number of hydrogen-bond donors (Lipinski definition) is 1. The fourth-order valence-corrected chi connectivity index (χ4v) is 4.00. The summed E-state index contributed by atoms with van der Waals surface area (Å²) in [6, 6.07) is 10.2. The van der Waals surface area contributed by atoms with Gasteiger partial charge in [-0.25, -0.2) is 14.4 Å². The van der Waals surface area contributed by atoms with Gasteiger partial charge in [-0.05, 0) is 75.1 Å². The number of likely N-dealkylation sites (N-methyl/N-ethyl adjacent to an activating group) is 1. The van der Waals surface area contributed by atoms with Gasteiger partial charge < -0.3 is 15.4 Å². The average Bonchev–Trinajstić information content (AvgIpc) is 3.72. The molecule has 1 aromatic heterocycles. The van der Waals surface area contributed by atoms with E-state index < -0.39 is 5.91 Å². The third kappa shape index (κ3) is 7.44. The van der Waals surface area contributed by atoms with Gasteiger partial charge in [0.15, 0.2) is 0 Å². The Balaban J connectivity index is 0.000000215. The van der Waals surface area contributed by atoms with Gasteiger partial charge in [-0.15, -0.1) is 0 Å². The lowest BCUT2D eigenvalue weighted by atomic mass is 9.98. The monoisotopic (exact) mass is 519 g/mol. The maximum Gasteiger partial charge on any atom is 0.254 e. The molecule has 200 valence electrons. The second-order valence-corrected chi connectivity index (χ2v) is 9.13. The number of amides is 2. The molecule has 1 aliphatic rings. The Morgan fingerprint density at radius 2 is 1.82 bits per heavy atom. The number of nitrogens with zero attached hydrogens (tertiary/aromatic N) is 4. The van der Waals surface area contributed by atoms with Gasteiger partial charge in [0, 0.05) is 54.8 Å². The maximum absolute atomic E-state index is 13.7. The first-order valence-corrected chi connectivity index (χ1v) is 12.5. The van der Waals surface area contributed by atoms with Crippen LogP contribution in [0.5, 0.6) is 5.75 Å². The topological polar surface area (TPSA) is 111 Å². The van der Waals surface area contributed by atoms with Crippen molar-refractivity contribution >= 4 is 17.5 Å². The summed E-state index contributed by atoms with van der Waals surface area (Å²) in [5, 5.41) is 0. The zero-order valence-electron chi connectivity index (χ0n) is 22.5. The van der Waals surface area contributed by atoms with E-state index >= 15 is 0 Å². The third-order valence-electron chi connectivity index (χ3n) is 6.03. The van der Waals surface area contributed by atoms with Crippen molar-refractivity contribution in [1.82, 2.24) is 14.9 Å². The Labute approximate surface area is 222 Å². The van der Waals surface area contributed by atoms with Gasteiger partial charge in [0.2, 0.25) is 5.91 Å². The van der Waals surface area contributed by atoms with Crippen LogP contribution >= 0.6 is 0 Å². The average molecular weight is 520 g/mol. The highest BCUT2D eigenvalue weighted by atomic mass is 19.1. The molecule has 1 saturated carbocycles. The molecule has 0 unspecified atom stereocenters. The van der Waals surface area contributed by atoms with Gasteiger partial charge in [-0.2, -0.15) is 0 Å². The molecule has 9 heteroatoms. The number of aliphatic imine (C=N–C) groups is 1. The molecule has 8 nitrogen and oxygen atoms in total. The van der Waals surface area contributed by atoms with Crippen molar-refractivity contribution < 1.29 is 18.7 Å². The minimum Gasteiger partial charge on any atom is -0.494 e. The summed E-state index contributed by atoms with van der Waals surface area (Å²) >= 11 is 0. The van der Waals surface area contributed by atoms with E-state index in [1.54, 1.807) is 44.6 Å². The van der Waals surface area contributed by atoms with Crippen LogP contribution in [0.2, 0.25) is 0 Å². The van der Waals surface area contributed by atoms with E-state index in [4.69, 9.17) is 10.5 Å². The molecule has 2 aromatic carbocycles. The largest absolute Gasteiger partial charge is 0.494 e. The molecule has 0 saturated heterocycles. The first-order valence-electron chi connectivity index (χ1n) is 12.5. The summed E-state index contributed by atoms with van der Waals surface area (Å²) in [5.74, 6) is 0.839. The lowest BCUT2D eigenvalue weighted by Gasteiger charge is -2.16.